The highest BCUT2D eigenvalue weighted by Gasteiger charge is 2.07. The summed E-state index contributed by atoms with van der Waals surface area (Å²) in [5, 5.41) is 4.47. The molecule has 2 heterocycles. The van der Waals surface area contributed by atoms with E-state index in [1.807, 2.05) is 23.3 Å². The topological polar surface area (TPSA) is 38.9 Å². The van der Waals surface area contributed by atoms with Gasteiger partial charge in [-0.15, -0.1) is 0 Å². The van der Waals surface area contributed by atoms with E-state index < -0.39 is 0 Å². The zero-order chi connectivity index (χ0) is 20.4. The fourth-order valence-electron chi connectivity index (χ4n) is 3.21. The number of aryl methyl sites for hydroxylation is 2. The van der Waals surface area contributed by atoms with Crippen LogP contribution in [-0.2, 0) is 6.54 Å². The Morgan fingerprint density at radius 1 is 1.03 bits per heavy atom. The molecule has 0 aliphatic heterocycles. The number of hydrogen-bond donors (Lipinski definition) is 0. The Bertz CT molecular complexity index is 1220. The van der Waals surface area contributed by atoms with E-state index in [9.17, 15) is 0 Å². The van der Waals surface area contributed by atoms with Crippen molar-refractivity contribution in [3.05, 3.63) is 77.4 Å². The minimum Gasteiger partial charge on any atom is -0.308 e. The Labute approximate surface area is 171 Å². The van der Waals surface area contributed by atoms with Gasteiger partial charge in [0.2, 0.25) is 0 Å². The number of likely N-dealkylation sites (N-methyl/N-ethyl adjacent to an activating group) is 1. The second-order valence-electron chi connectivity index (χ2n) is 7.65. The van der Waals surface area contributed by atoms with Crippen molar-refractivity contribution in [1.82, 2.24) is 24.2 Å². The molecule has 5 nitrogen and oxygen atoms in total. The van der Waals surface area contributed by atoms with Crippen molar-refractivity contribution in [3.8, 4) is 17.5 Å². The zero-order valence-electron chi connectivity index (χ0n) is 17.3. The number of rotatable bonds is 4. The first kappa shape index (κ1) is 19.0. The SMILES string of the molecule is Cc1ccc(C)c(C#Cc2ccc3c(c2)ncn3-c2cnn(CCN(C)C)c2)c1. The third-order valence-electron chi connectivity index (χ3n) is 4.96. The zero-order valence-corrected chi connectivity index (χ0v) is 17.3. The number of hydrogen-bond acceptors (Lipinski definition) is 3. The van der Waals surface area contributed by atoms with Crippen LogP contribution in [0.15, 0.2) is 55.1 Å². The lowest BCUT2D eigenvalue weighted by atomic mass is 10.1. The maximum atomic E-state index is 4.58. The third-order valence-corrected chi connectivity index (χ3v) is 4.96. The molecule has 0 radical (unpaired) electrons. The largest absolute Gasteiger partial charge is 0.308 e. The van der Waals surface area contributed by atoms with Crippen LogP contribution in [0, 0.1) is 25.7 Å². The van der Waals surface area contributed by atoms with Gasteiger partial charge in [-0.25, -0.2) is 4.98 Å². The molecule has 0 spiro atoms. The van der Waals surface area contributed by atoms with Crippen molar-refractivity contribution in [1.29, 1.82) is 0 Å². The van der Waals surface area contributed by atoms with Gasteiger partial charge in [0.25, 0.3) is 0 Å². The predicted octanol–water partition coefficient (Wildman–Crippen LogP) is 3.80. The van der Waals surface area contributed by atoms with Gasteiger partial charge in [0.15, 0.2) is 0 Å². The van der Waals surface area contributed by atoms with Crippen molar-refractivity contribution in [2.45, 2.75) is 20.4 Å². The fourth-order valence-corrected chi connectivity index (χ4v) is 3.21. The van der Waals surface area contributed by atoms with E-state index in [0.717, 1.165) is 40.9 Å². The highest BCUT2D eigenvalue weighted by Crippen LogP contribution is 2.19. The lowest BCUT2D eigenvalue weighted by Crippen LogP contribution is -2.18. The lowest BCUT2D eigenvalue weighted by molar-refractivity contribution is 0.373. The van der Waals surface area contributed by atoms with Gasteiger partial charge in [0, 0.05) is 23.9 Å². The highest BCUT2D eigenvalue weighted by atomic mass is 15.3. The van der Waals surface area contributed by atoms with Crippen molar-refractivity contribution >= 4 is 11.0 Å². The molecule has 0 bridgehead atoms. The number of imidazole rings is 1. The lowest BCUT2D eigenvalue weighted by Gasteiger charge is -2.08. The molecule has 4 rings (SSSR count). The van der Waals surface area contributed by atoms with Crippen LogP contribution in [0.3, 0.4) is 0 Å². The van der Waals surface area contributed by atoms with Crippen molar-refractivity contribution in [2.75, 3.05) is 20.6 Å². The molecule has 0 saturated carbocycles. The van der Waals surface area contributed by atoms with Crippen molar-refractivity contribution < 1.29 is 0 Å². The van der Waals surface area contributed by atoms with E-state index in [1.165, 1.54) is 11.1 Å². The molecule has 2 aromatic heterocycles. The van der Waals surface area contributed by atoms with E-state index in [4.69, 9.17) is 0 Å². The molecular formula is C24H25N5. The van der Waals surface area contributed by atoms with Crippen LogP contribution in [0.5, 0.6) is 0 Å². The Morgan fingerprint density at radius 2 is 1.90 bits per heavy atom. The van der Waals surface area contributed by atoms with E-state index >= 15 is 0 Å². The minimum atomic E-state index is 0.859. The van der Waals surface area contributed by atoms with Crippen molar-refractivity contribution in [2.24, 2.45) is 0 Å². The molecule has 146 valence electrons. The quantitative estimate of drug-likeness (QED) is 0.503. The Balaban J connectivity index is 1.60. The molecule has 0 fully saturated rings. The second-order valence-corrected chi connectivity index (χ2v) is 7.65. The molecule has 29 heavy (non-hydrogen) atoms. The van der Waals surface area contributed by atoms with Gasteiger partial charge in [0.05, 0.1) is 29.5 Å². The molecule has 2 aromatic carbocycles. The molecule has 0 unspecified atom stereocenters. The summed E-state index contributed by atoms with van der Waals surface area (Å²) in [5.74, 6) is 6.58. The van der Waals surface area contributed by atoms with Crippen LogP contribution >= 0.6 is 0 Å². The predicted molar refractivity (Wildman–Crippen MR) is 117 cm³/mol. The van der Waals surface area contributed by atoms with Gasteiger partial charge >= 0.3 is 0 Å². The van der Waals surface area contributed by atoms with Crippen LogP contribution < -0.4 is 0 Å². The number of benzene rings is 2. The molecule has 0 amide bonds. The van der Waals surface area contributed by atoms with Gasteiger partial charge in [-0.2, -0.15) is 5.10 Å². The summed E-state index contributed by atoms with van der Waals surface area (Å²) >= 11 is 0. The average molecular weight is 383 g/mol. The summed E-state index contributed by atoms with van der Waals surface area (Å²) in [6.07, 6.45) is 5.78. The first-order valence-electron chi connectivity index (χ1n) is 9.73. The molecule has 0 saturated heterocycles. The number of aromatic nitrogens is 4. The Kier molecular flexibility index (Phi) is 5.20. The molecule has 4 aromatic rings. The van der Waals surface area contributed by atoms with Crippen LogP contribution in [0.2, 0.25) is 0 Å². The van der Waals surface area contributed by atoms with Crippen molar-refractivity contribution in [3.63, 3.8) is 0 Å². The summed E-state index contributed by atoms with van der Waals surface area (Å²) in [5.41, 5.74) is 7.44. The maximum Gasteiger partial charge on any atom is 0.101 e. The Hall–Kier alpha value is -3.36. The summed E-state index contributed by atoms with van der Waals surface area (Å²) < 4.78 is 4.03. The van der Waals surface area contributed by atoms with Gasteiger partial charge in [0.1, 0.15) is 6.33 Å². The Morgan fingerprint density at radius 3 is 2.72 bits per heavy atom. The molecule has 0 atom stereocenters. The molecule has 0 aliphatic rings. The van der Waals surface area contributed by atoms with E-state index in [0.29, 0.717) is 0 Å². The van der Waals surface area contributed by atoms with E-state index in [2.05, 4.69) is 95.9 Å². The van der Waals surface area contributed by atoms with Crippen LogP contribution in [0.25, 0.3) is 16.7 Å². The maximum absolute atomic E-state index is 4.58. The summed E-state index contributed by atoms with van der Waals surface area (Å²) in [7, 11) is 4.13. The van der Waals surface area contributed by atoms with Crippen LogP contribution in [0.1, 0.15) is 22.3 Å². The third kappa shape index (κ3) is 4.23. The molecule has 0 N–H and O–H groups in total. The number of fused-ring (bicyclic) bond motifs is 1. The van der Waals surface area contributed by atoms with Gasteiger partial charge in [-0.1, -0.05) is 24.0 Å². The second kappa shape index (κ2) is 7.94. The van der Waals surface area contributed by atoms with E-state index in [-0.39, 0.29) is 0 Å². The summed E-state index contributed by atoms with van der Waals surface area (Å²) in [6, 6.07) is 12.5. The summed E-state index contributed by atoms with van der Waals surface area (Å²) in [4.78, 5) is 6.72. The monoisotopic (exact) mass is 383 g/mol. The fraction of sp³-hybridized carbons (Fsp3) is 0.250. The van der Waals surface area contributed by atoms with Gasteiger partial charge in [-0.3, -0.25) is 9.25 Å². The number of nitrogens with zero attached hydrogens (tertiary/aromatic N) is 5. The normalized spacial score (nSPS) is 11.1. The van der Waals surface area contributed by atoms with Gasteiger partial charge < -0.3 is 4.90 Å². The highest BCUT2D eigenvalue weighted by molar-refractivity contribution is 5.79. The van der Waals surface area contributed by atoms with Gasteiger partial charge in [-0.05, 0) is 63.3 Å². The minimum absolute atomic E-state index is 0.859. The first-order chi connectivity index (χ1) is 14.0. The van der Waals surface area contributed by atoms with Crippen LogP contribution in [0.4, 0.5) is 0 Å². The summed E-state index contributed by atoms with van der Waals surface area (Å²) in [6.45, 7) is 5.99. The van der Waals surface area contributed by atoms with Crippen LogP contribution in [-0.4, -0.2) is 44.9 Å². The average Bonchev–Trinajstić information content (AvgIpc) is 3.33. The van der Waals surface area contributed by atoms with E-state index in [1.54, 1.807) is 0 Å². The standard InChI is InChI=1S/C24H25N5/c1-18-5-6-19(2)21(13-18)9-7-20-8-10-24-23(14-20)25-17-29(24)22-15-26-28(16-22)12-11-27(3)4/h5-6,8,10,13-17H,11-12H2,1-4H3. The smallest absolute Gasteiger partial charge is 0.101 e. The molecule has 5 heteroatoms. The molecular weight excluding hydrogens is 358 g/mol. The first-order valence-corrected chi connectivity index (χ1v) is 9.73. The molecule has 0 aliphatic carbocycles.